The third-order valence-corrected chi connectivity index (χ3v) is 5.77. The van der Waals surface area contributed by atoms with E-state index < -0.39 is 24.2 Å². The van der Waals surface area contributed by atoms with Crippen LogP contribution in [-0.2, 0) is 4.74 Å². The normalized spacial score (nSPS) is 14.2. The smallest absolute Gasteiger partial charge is 0.407 e. The maximum atomic E-state index is 13.3. The van der Waals surface area contributed by atoms with Crippen LogP contribution in [0.5, 0.6) is 0 Å². The van der Waals surface area contributed by atoms with E-state index in [1.165, 1.54) is 0 Å². The highest BCUT2D eigenvalue weighted by molar-refractivity contribution is 5.79. The van der Waals surface area contributed by atoms with Crippen molar-refractivity contribution in [2.45, 2.75) is 24.5 Å². The van der Waals surface area contributed by atoms with Crippen LogP contribution in [0.2, 0.25) is 0 Å². The highest BCUT2D eigenvalue weighted by Crippen LogP contribution is 2.44. The van der Waals surface area contributed by atoms with E-state index in [2.05, 4.69) is 22.4 Å². The van der Waals surface area contributed by atoms with Crippen molar-refractivity contribution in [3.63, 3.8) is 0 Å². The zero-order valence-corrected chi connectivity index (χ0v) is 17.6. The fourth-order valence-corrected chi connectivity index (χ4v) is 4.08. The first kappa shape index (κ1) is 22.6. The van der Waals surface area contributed by atoms with Crippen molar-refractivity contribution in [3.05, 3.63) is 89.0 Å². The molecule has 1 aliphatic rings. The molecule has 0 saturated heterocycles. The van der Waals surface area contributed by atoms with Crippen molar-refractivity contribution in [1.29, 1.82) is 0 Å². The second-order valence-corrected chi connectivity index (χ2v) is 7.82. The van der Waals surface area contributed by atoms with E-state index in [0.29, 0.717) is 0 Å². The second kappa shape index (κ2) is 9.89. The first-order valence-corrected chi connectivity index (χ1v) is 10.5. The molecule has 1 aromatic heterocycles. The molecule has 0 aliphatic heterocycles. The molecule has 2 aromatic carbocycles. The van der Waals surface area contributed by atoms with Gasteiger partial charge in [0.15, 0.2) is 6.29 Å². The molecule has 2 atom stereocenters. The largest absolute Gasteiger partial charge is 0.449 e. The lowest BCUT2D eigenvalue weighted by Gasteiger charge is -2.19. The molecule has 1 heterocycles. The fraction of sp³-hybridized carbons (Fsp3) is 0.240. The minimum absolute atomic E-state index is 0.0131. The molecule has 0 bridgehead atoms. The van der Waals surface area contributed by atoms with E-state index >= 15 is 0 Å². The Labute approximate surface area is 189 Å². The number of aliphatic hydroxyl groups is 2. The van der Waals surface area contributed by atoms with Crippen molar-refractivity contribution in [2.24, 2.45) is 0 Å². The van der Waals surface area contributed by atoms with Gasteiger partial charge in [0.25, 0.3) is 0 Å². The number of amides is 1. The number of halogens is 1. The summed E-state index contributed by atoms with van der Waals surface area (Å²) in [5.74, 6) is -1.01. The molecular weight excluding hydrogens is 427 g/mol. The maximum absolute atomic E-state index is 13.3. The van der Waals surface area contributed by atoms with Crippen molar-refractivity contribution < 1.29 is 28.9 Å². The number of hydrogen-bond acceptors (Lipinski definition) is 6. The van der Waals surface area contributed by atoms with Gasteiger partial charge < -0.3 is 20.3 Å². The number of carbonyl (C=O) groups excluding carboxylic acids is 2. The quantitative estimate of drug-likeness (QED) is 0.359. The average molecular weight is 450 g/mol. The molecular formula is C25H23FN2O5. The molecule has 0 saturated carbocycles. The van der Waals surface area contributed by atoms with Gasteiger partial charge in [-0.15, -0.1) is 0 Å². The number of alkyl carbamates (subject to hydrolysis) is 1. The summed E-state index contributed by atoms with van der Waals surface area (Å²) >= 11 is 0. The number of ether oxygens (including phenoxy) is 1. The third kappa shape index (κ3) is 4.76. The van der Waals surface area contributed by atoms with E-state index in [0.717, 1.165) is 34.5 Å². The number of aldehydes is 1. The van der Waals surface area contributed by atoms with Crippen LogP contribution in [0.25, 0.3) is 11.1 Å². The van der Waals surface area contributed by atoms with Crippen LogP contribution in [0.3, 0.4) is 0 Å². The molecule has 33 heavy (non-hydrogen) atoms. The number of nitrogens with zero attached hydrogens (tertiary/aromatic N) is 1. The highest BCUT2D eigenvalue weighted by Gasteiger charge is 2.29. The van der Waals surface area contributed by atoms with Crippen molar-refractivity contribution in [2.75, 3.05) is 13.2 Å². The Morgan fingerprint density at radius 3 is 2.39 bits per heavy atom. The lowest BCUT2D eigenvalue weighted by Crippen LogP contribution is -2.30. The van der Waals surface area contributed by atoms with Gasteiger partial charge in [-0.3, -0.25) is 4.79 Å². The van der Waals surface area contributed by atoms with Gasteiger partial charge in [-0.2, -0.15) is 4.39 Å². The number of hydrogen-bond donors (Lipinski definition) is 3. The van der Waals surface area contributed by atoms with E-state index in [1.54, 1.807) is 0 Å². The predicted molar refractivity (Wildman–Crippen MR) is 118 cm³/mol. The fourth-order valence-electron chi connectivity index (χ4n) is 4.08. The zero-order chi connectivity index (χ0) is 23.4. The Bertz CT molecular complexity index is 1120. The van der Waals surface area contributed by atoms with Crippen LogP contribution in [0.4, 0.5) is 9.18 Å². The zero-order valence-electron chi connectivity index (χ0n) is 17.6. The number of rotatable bonds is 8. The summed E-state index contributed by atoms with van der Waals surface area (Å²) in [4.78, 5) is 26.4. The summed E-state index contributed by atoms with van der Waals surface area (Å²) in [6.07, 6.45) is -1.94. The van der Waals surface area contributed by atoms with Gasteiger partial charge in [0.2, 0.25) is 5.95 Å². The molecule has 8 heteroatoms. The van der Waals surface area contributed by atoms with Crippen molar-refractivity contribution >= 4 is 12.4 Å². The average Bonchev–Trinajstić information content (AvgIpc) is 3.16. The molecule has 0 radical (unpaired) electrons. The molecule has 0 spiro atoms. The molecule has 1 amide bonds. The number of aliphatic hydroxyl groups excluding tert-OH is 2. The van der Waals surface area contributed by atoms with Gasteiger partial charge in [0, 0.05) is 24.2 Å². The van der Waals surface area contributed by atoms with Crippen LogP contribution < -0.4 is 5.32 Å². The number of fused-ring (bicyclic) bond motifs is 3. The minimum Gasteiger partial charge on any atom is -0.449 e. The topological polar surface area (TPSA) is 109 Å². The Morgan fingerprint density at radius 1 is 1.12 bits per heavy atom. The van der Waals surface area contributed by atoms with Crippen molar-refractivity contribution in [1.82, 2.24) is 10.3 Å². The lowest BCUT2D eigenvalue weighted by atomic mass is 9.98. The van der Waals surface area contributed by atoms with Crippen molar-refractivity contribution in [3.8, 4) is 11.1 Å². The first-order valence-electron chi connectivity index (χ1n) is 10.5. The van der Waals surface area contributed by atoms with E-state index in [9.17, 15) is 24.2 Å². The standard InChI is InChI=1S/C25H23FN2O5/c26-24-16(13-29)11-15(12-28-24)23(31)22(30)9-10-27-25(32)33-14-21-19-7-3-1-5-17(19)18-6-2-4-8-20(18)21/h1-8,11-13,21-23,30-31H,9-10,14H2,(H,27,32). The second-order valence-electron chi connectivity index (χ2n) is 7.82. The molecule has 3 aromatic rings. The number of pyridine rings is 1. The van der Waals surface area contributed by atoms with E-state index in [1.807, 2.05) is 36.4 Å². The molecule has 170 valence electrons. The van der Waals surface area contributed by atoms with Crippen LogP contribution in [0.15, 0.2) is 60.8 Å². The Kier molecular flexibility index (Phi) is 6.76. The summed E-state index contributed by atoms with van der Waals surface area (Å²) in [5, 5.41) is 23.0. The SMILES string of the molecule is O=Cc1cc(C(O)C(O)CCNC(=O)OCC2c3ccccc3-c3ccccc32)cnc1F. The van der Waals surface area contributed by atoms with Crippen LogP contribution >= 0.6 is 0 Å². The van der Waals surface area contributed by atoms with Gasteiger partial charge in [0.1, 0.15) is 12.7 Å². The number of carbonyl (C=O) groups is 2. The molecule has 1 aliphatic carbocycles. The third-order valence-electron chi connectivity index (χ3n) is 5.77. The lowest BCUT2D eigenvalue weighted by molar-refractivity contribution is 0.0134. The van der Waals surface area contributed by atoms with E-state index in [4.69, 9.17) is 4.74 Å². The van der Waals surface area contributed by atoms with Gasteiger partial charge >= 0.3 is 6.09 Å². The summed E-state index contributed by atoms with van der Waals surface area (Å²) in [5.41, 5.74) is 4.27. The Hall–Kier alpha value is -3.62. The van der Waals surface area contributed by atoms with Crippen LogP contribution in [0, 0.1) is 5.95 Å². The van der Waals surface area contributed by atoms with Gasteiger partial charge in [-0.05, 0) is 34.7 Å². The predicted octanol–water partition coefficient (Wildman–Crippen LogP) is 3.36. The Balaban J connectivity index is 1.28. The number of benzene rings is 2. The molecule has 2 unspecified atom stereocenters. The summed E-state index contributed by atoms with van der Waals surface area (Å²) < 4.78 is 18.8. The molecule has 0 fully saturated rings. The summed E-state index contributed by atoms with van der Waals surface area (Å²) in [6.45, 7) is 0.213. The van der Waals surface area contributed by atoms with Crippen LogP contribution in [0.1, 0.15) is 45.5 Å². The number of aromatic nitrogens is 1. The van der Waals surface area contributed by atoms with E-state index in [-0.39, 0.29) is 42.9 Å². The highest BCUT2D eigenvalue weighted by atomic mass is 19.1. The molecule has 7 nitrogen and oxygen atoms in total. The monoisotopic (exact) mass is 450 g/mol. The van der Waals surface area contributed by atoms with Gasteiger partial charge in [-0.25, -0.2) is 9.78 Å². The van der Waals surface area contributed by atoms with Crippen LogP contribution in [-0.4, -0.2) is 46.8 Å². The van der Waals surface area contributed by atoms with Gasteiger partial charge in [0.05, 0.1) is 11.7 Å². The minimum atomic E-state index is -1.39. The molecule has 3 N–H and O–H groups in total. The van der Waals surface area contributed by atoms with Gasteiger partial charge in [-0.1, -0.05) is 48.5 Å². The summed E-state index contributed by atoms with van der Waals surface area (Å²) in [7, 11) is 0. The molecule has 4 rings (SSSR count). The first-order chi connectivity index (χ1) is 16.0. The number of nitrogens with one attached hydrogen (secondary N) is 1. The summed E-state index contributed by atoms with van der Waals surface area (Å²) in [6, 6.07) is 17.2. The Morgan fingerprint density at radius 2 is 1.76 bits per heavy atom. The maximum Gasteiger partial charge on any atom is 0.407 e.